The number of hydrogen-bond donors (Lipinski definition) is 0. The summed E-state index contributed by atoms with van der Waals surface area (Å²) in [5, 5.41) is 0. The second-order valence-electron chi connectivity index (χ2n) is 6.14. The van der Waals surface area contributed by atoms with Crippen molar-refractivity contribution in [3.05, 3.63) is 12.4 Å². The molecule has 0 saturated carbocycles. The summed E-state index contributed by atoms with van der Waals surface area (Å²) in [7, 11) is 0. The third-order valence-electron chi connectivity index (χ3n) is 3.95. The van der Waals surface area contributed by atoms with Crippen LogP contribution in [0, 0.1) is 0 Å². The lowest BCUT2D eigenvalue weighted by Gasteiger charge is -2.04. The summed E-state index contributed by atoms with van der Waals surface area (Å²) in [4.78, 5) is 10.8. The lowest BCUT2D eigenvalue weighted by molar-refractivity contribution is -0.140. The zero-order valence-electron chi connectivity index (χ0n) is 14.5. The zero-order chi connectivity index (χ0) is 16.5. The van der Waals surface area contributed by atoms with Crippen LogP contribution in [0.4, 0.5) is 4.39 Å². The molecule has 0 heterocycles. The fraction of sp³-hybridized carbons (Fsp3) is 0.842. The van der Waals surface area contributed by atoms with E-state index < -0.39 is 11.8 Å². The molecular formula is C19H35FO2. The molecule has 0 unspecified atom stereocenters. The predicted molar refractivity (Wildman–Crippen MR) is 91.5 cm³/mol. The van der Waals surface area contributed by atoms with Crippen molar-refractivity contribution in [3.8, 4) is 0 Å². The van der Waals surface area contributed by atoms with Crippen LogP contribution in [0.25, 0.3) is 0 Å². The summed E-state index contributed by atoms with van der Waals surface area (Å²) in [6, 6.07) is 0. The average molecular weight is 314 g/mol. The molecule has 0 aromatic rings. The lowest BCUT2D eigenvalue weighted by atomic mass is 10.0. The number of ether oxygens (including phenoxy) is 1. The van der Waals surface area contributed by atoms with E-state index in [9.17, 15) is 9.18 Å². The standard InChI is InChI=1S/C19H35FO2/c1-3-4-5-6-7-8-9-10-11-12-13-14-15-16-17-22-19(21)18(2)20/h2-17H2,1H3. The van der Waals surface area contributed by atoms with Gasteiger partial charge in [0.05, 0.1) is 6.61 Å². The summed E-state index contributed by atoms with van der Waals surface area (Å²) >= 11 is 0. The molecule has 130 valence electrons. The molecule has 0 bridgehead atoms. The van der Waals surface area contributed by atoms with Crippen molar-refractivity contribution in [2.45, 2.75) is 96.8 Å². The smallest absolute Gasteiger partial charge is 0.366 e. The molecule has 0 aromatic heterocycles. The zero-order valence-corrected chi connectivity index (χ0v) is 14.5. The molecule has 0 aliphatic heterocycles. The minimum absolute atomic E-state index is 0.305. The van der Waals surface area contributed by atoms with Crippen molar-refractivity contribution in [1.82, 2.24) is 0 Å². The molecule has 0 N–H and O–H groups in total. The van der Waals surface area contributed by atoms with E-state index in [4.69, 9.17) is 4.74 Å². The summed E-state index contributed by atoms with van der Waals surface area (Å²) in [6.45, 7) is 5.47. The Kier molecular flexibility index (Phi) is 15.9. The van der Waals surface area contributed by atoms with Crippen molar-refractivity contribution < 1.29 is 13.9 Å². The van der Waals surface area contributed by atoms with Crippen LogP contribution in [0.2, 0.25) is 0 Å². The molecule has 0 amide bonds. The van der Waals surface area contributed by atoms with Crippen LogP contribution in [0.1, 0.15) is 96.8 Å². The number of halogens is 1. The molecule has 0 atom stereocenters. The third kappa shape index (κ3) is 15.5. The maximum absolute atomic E-state index is 12.3. The van der Waals surface area contributed by atoms with E-state index in [0.29, 0.717) is 6.61 Å². The molecule has 0 aliphatic rings. The average Bonchev–Trinajstić information content (AvgIpc) is 2.50. The molecule has 3 heteroatoms. The maximum atomic E-state index is 12.3. The Hall–Kier alpha value is -0.860. The Labute approximate surface area is 136 Å². The van der Waals surface area contributed by atoms with Crippen LogP contribution in [0.15, 0.2) is 12.4 Å². The number of carbonyl (C=O) groups is 1. The van der Waals surface area contributed by atoms with Crippen molar-refractivity contribution in [2.24, 2.45) is 0 Å². The van der Waals surface area contributed by atoms with E-state index >= 15 is 0 Å². The fourth-order valence-electron chi connectivity index (χ4n) is 2.54. The van der Waals surface area contributed by atoms with E-state index in [1.807, 2.05) is 0 Å². The quantitative estimate of drug-likeness (QED) is 0.185. The first-order valence-corrected chi connectivity index (χ1v) is 9.20. The highest BCUT2D eigenvalue weighted by molar-refractivity contribution is 5.85. The number of rotatable bonds is 16. The highest BCUT2D eigenvalue weighted by Gasteiger charge is 2.05. The van der Waals surface area contributed by atoms with E-state index in [1.165, 1.54) is 77.0 Å². The second kappa shape index (κ2) is 16.5. The molecule has 0 aromatic carbocycles. The molecule has 0 radical (unpaired) electrons. The highest BCUT2D eigenvalue weighted by atomic mass is 19.1. The summed E-state index contributed by atoms with van der Waals surface area (Å²) in [5.74, 6) is -1.93. The van der Waals surface area contributed by atoms with Crippen LogP contribution in [-0.2, 0) is 9.53 Å². The summed E-state index contributed by atoms with van der Waals surface area (Å²) in [6.07, 6.45) is 18.0. The Morgan fingerprint density at radius 3 is 1.50 bits per heavy atom. The first kappa shape index (κ1) is 21.1. The predicted octanol–water partition coefficient (Wildman–Crippen LogP) is 6.49. The largest absolute Gasteiger partial charge is 0.460 e. The second-order valence-corrected chi connectivity index (χ2v) is 6.14. The van der Waals surface area contributed by atoms with Gasteiger partial charge in [0, 0.05) is 0 Å². The van der Waals surface area contributed by atoms with E-state index in [2.05, 4.69) is 13.5 Å². The monoisotopic (exact) mass is 314 g/mol. The Balaban J connectivity index is 3.05. The van der Waals surface area contributed by atoms with E-state index in [0.717, 1.165) is 12.8 Å². The van der Waals surface area contributed by atoms with Gasteiger partial charge in [-0.3, -0.25) is 0 Å². The van der Waals surface area contributed by atoms with Crippen molar-refractivity contribution in [2.75, 3.05) is 6.61 Å². The highest BCUT2D eigenvalue weighted by Crippen LogP contribution is 2.13. The van der Waals surface area contributed by atoms with Crippen LogP contribution in [0.5, 0.6) is 0 Å². The van der Waals surface area contributed by atoms with Crippen molar-refractivity contribution in [3.63, 3.8) is 0 Å². The molecule has 0 saturated heterocycles. The molecule has 2 nitrogen and oxygen atoms in total. The number of hydrogen-bond acceptors (Lipinski definition) is 2. The Morgan fingerprint density at radius 1 is 0.773 bits per heavy atom. The van der Waals surface area contributed by atoms with Gasteiger partial charge in [-0.05, 0) is 6.42 Å². The van der Waals surface area contributed by atoms with Crippen LogP contribution >= 0.6 is 0 Å². The number of carbonyl (C=O) groups excluding carboxylic acids is 1. The van der Waals surface area contributed by atoms with Crippen LogP contribution in [0.3, 0.4) is 0 Å². The number of esters is 1. The van der Waals surface area contributed by atoms with Gasteiger partial charge < -0.3 is 4.74 Å². The first-order valence-electron chi connectivity index (χ1n) is 9.20. The van der Waals surface area contributed by atoms with Gasteiger partial charge in [-0.15, -0.1) is 0 Å². The lowest BCUT2D eigenvalue weighted by Crippen LogP contribution is -2.05. The minimum atomic E-state index is -1.01. The molecule has 0 spiro atoms. The van der Waals surface area contributed by atoms with Gasteiger partial charge >= 0.3 is 5.97 Å². The number of unbranched alkanes of at least 4 members (excludes halogenated alkanes) is 13. The molecule has 0 fully saturated rings. The molecule has 0 rings (SSSR count). The van der Waals surface area contributed by atoms with Gasteiger partial charge in [0.2, 0.25) is 5.83 Å². The summed E-state index contributed by atoms with van der Waals surface area (Å²) < 4.78 is 17.0. The Bertz CT molecular complexity index is 277. The van der Waals surface area contributed by atoms with Gasteiger partial charge in [-0.2, -0.15) is 4.39 Å². The van der Waals surface area contributed by atoms with Crippen LogP contribution < -0.4 is 0 Å². The SMILES string of the molecule is C=C(F)C(=O)OCCCCCCCCCCCCCCCC. The van der Waals surface area contributed by atoms with Crippen molar-refractivity contribution >= 4 is 5.97 Å². The van der Waals surface area contributed by atoms with E-state index in [1.54, 1.807) is 0 Å². The van der Waals surface area contributed by atoms with Crippen LogP contribution in [-0.4, -0.2) is 12.6 Å². The normalized spacial score (nSPS) is 10.6. The van der Waals surface area contributed by atoms with Crippen molar-refractivity contribution in [1.29, 1.82) is 0 Å². The minimum Gasteiger partial charge on any atom is -0.460 e. The maximum Gasteiger partial charge on any atom is 0.366 e. The first-order chi connectivity index (χ1) is 10.7. The fourth-order valence-corrected chi connectivity index (χ4v) is 2.54. The van der Waals surface area contributed by atoms with E-state index in [-0.39, 0.29) is 0 Å². The summed E-state index contributed by atoms with van der Waals surface area (Å²) in [5.41, 5.74) is 0. The molecule has 0 aliphatic carbocycles. The molecular weight excluding hydrogens is 279 g/mol. The van der Waals surface area contributed by atoms with Gasteiger partial charge in [0.15, 0.2) is 0 Å². The topological polar surface area (TPSA) is 26.3 Å². The molecule has 22 heavy (non-hydrogen) atoms. The van der Waals surface area contributed by atoms with Gasteiger partial charge in [-0.1, -0.05) is 97.0 Å². The van der Waals surface area contributed by atoms with Gasteiger partial charge in [0.25, 0.3) is 0 Å². The van der Waals surface area contributed by atoms with Gasteiger partial charge in [-0.25, -0.2) is 4.79 Å². The van der Waals surface area contributed by atoms with Gasteiger partial charge in [0.1, 0.15) is 0 Å². The Morgan fingerprint density at radius 2 is 1.14 bits per heavy atom. The third-order valence-corrected chi connectivity index (χ3v) is 3.95.